The molecule has 8 aromatic carbocycles. The van der Waals surface area contributed by atoms with Crippen molar-refractivity contribution in [3.63, 3.8) is 0 Å². The van der Waals surface area contributed by atoms with E-state index in [1.165, 1.54) is 54.7 Å². The standard InChI is InChI=1S/C51H31N3O/c1-2-14-35(15-3-1)53-45-23-10-6-18-38(45)42-30-32(26-28-46(42)53)33-25-27-39-37-17-5-9-22-44(37)54(47(39)31-33)36-16-12-13-34(29-36)49-40-19-4-8-21-43(40)52-51-50(49)41-20-7-11-24-48(41)55-51/h1-31H. The molecule has 0 saturated heterocycles. The summed E-state index contributed by atoms with van der Waals surface area (Å²) in [7, 11) is 0. The number of furan rings is 1. The molecule has 0 aliphatic rings. The van der Waals surface area contributed by atoms with Gasteiger partial charge in [-0.05, 0) is 83.4 Å². The van der Waals surface area contributed by atoms with Crippen LogP contribution in [0.25, 0.3) is 110 Å². The molecule has 0 fully saturated rings. The van der Waals surface area contributed by atoms with Crippen molar-refractivity contribution in [3.05, 3.63) is 188 Å². The summed E-state index contributed by atoms with van der Waals surface area (Å²) in [5.41, 5.74) is 14.1. The van der Waals surface area contributed by atoms with Crippen LogP contribution in [0.4, 0.5) is 0 Å². The summed E-state index contributed by atoms with van der Waals surface area (Å²) in [4.78, 5) is 4.97. The van der Waals surface area contributed by atoms with E-state index in [4.69, 9.17) is 9.40 Å². The summed E-state index contributed by atoms with van der Waals surface area (Å²) in [5.74, 6) is 0. The van der Waals surface area contributed by atoms with Gasteiger partial charge in [0.2, 0.25) is 5.71 Å². The Kier molecular flexibility index (Phi) is 6.31. The third-order valence-corrected chi connectivity index (χ3v) is 11.3. The monoisotopic (exact) mass is 701 g/mol. The molecule has 0 aliphatic heterocycles. The maximum absolute atomic E-state index is 6.35. The number of benzene rings is 8. The van der Waals surface area contributed by atoms with Gasteiger partial charge < -0.3 is 13.6 Å². The number of aromatic nitrogens is 3. The predicted octanol–water partition coefficient (Wildman–Crippen LogP) is 13.7. The molecule has 0 atom stereocenters. The molecule has 0 spiro atoms. The summed E-state index contributed by atoms with van der Waals surface area (Å²) < 4.78 is 11.1. The predicted molar refractivity (Wildman–Crippen MR) is 229 cm³/mol. The molecule has 0 bridgehead atoms. The molecule has 0 N–H and O–H groups in total. The number of hydrogen-bond acceptors (Lipinski definition) is 2. The van der Waals surface area contributed by atoms with Crippen LogP contribution >= 0.6 is 0 Å². The Hall–Kier alpha value is -7.43. The number of pyridine rings is 1. The minimum Gasteiger partial charge on any atom is -0.438 e. The number of para-hydroxylation sites is 5. The Labute approximate surface area is 315 Å². The zero-order valence-corrected chi connectivity index (χ0v) is 29.6. The van der Waals surface area contributed by atoms with E-state index in [9.17, 15) is 0 Å². The highest BCUT2D eigenvalue weighted by Crippen LogP contribution is 2.42. The SMILES string of the molecule is c1ccc(-n2c3ccccc3c3cc(-c4ccc5c6ccccc6n(-c6cccc(-c7c8ccccc8nc8oc9ccccc9c78)c6)c5c4)ccc32)cc1. The Bertz CT molecular complexity index is 3490. The van der Waals surface area contributed by atoms with Gasteiger partial charge in [-0.1, -0.05) is 121 Å². The molecule has 0 aliphatic carbocycles. The molecule has 0 radical (unpaired) electrons. The summed E-state index contributed by atoms with van der Waals surface area (Å²) in [6, 6.07) is 67.5. The van der Waals surface area contributed by atoms with E-state index in [-0.39, 0.29) is 0 Å². The fraction of sp³-hybridized carbons (Fsp3) is 0. The second-order valence-corrected chi connectivity index (χ2v) is 14.3. The van der Waals surface area contributed by atoms with Crippen LogP contribution < -0.4 is 0 Å². The van der Waals surface area contributed by atoms with Gasteiger partial charge in [0.15, 0.2) is 0 Å². The van der Waals surface area contributed by atoms with E-state index in [0.717, 1.165) is 49.8 Å². The largest absolute Gasteiger partial charge is 0.438 e. The summed E-state index contributed by atoms with van der Waals surface area (Å²) >= 11 is 0. The fourth-order valence-electron chi connectivity index (χ4n) is 8.92. The van der Waals surface area contributed by atoms with Gasteiger partial charge in [-0.15, -0.1) is 0 Å². The molecule has 4 heteroatoms. The fourth-order valence-corrected chi connectivity index (χ4v) is 8.92. The van der Waals surface area contributed by atoms with Crippen LogP contribution in [0.5, 0.6) is 0 Å². The summed E-state index contributed by atoms with van der Waals surface area (Å²) in [6.45, 7) is 0. The molecule has 0 saturated carbocycles. The van der Waals surface area contributed by atoms with Gasteiger partial charge in [0.05, 0.1) is 33.0 Å². The summed E-state index contributed by atoms with van der Waals surface area (Å²) in [5, 5.41) is 8.16. The van der Waals surface area contributed by atoms with Crippen LogP contribution in [0.15, 0.2) is 192 Å². The molecule has 0 amide bonds. The highest BCUT2D eigenvalue weighted by molar-refractivity contribution is 6.19. The molecular weight excluding hydrogens is 671 g/mol. The lowest BCUT2D eigenvalue weighted by molar-refractivity contribution is 0.656. The third-order valence-electron chi connectivity index (χ3n) is 11.3. The normalized spacial score (nSPS) is 12.0. The molecule has 4 heterocycles. The van der Waals surface area contributed by atoms with Crippen LogP contribution in [-0.2, 0) is 0 Å². The minimum absolute atomic E-state index is 0.658. The lowest BCUT2D eigenvalue weighted by atomic mass is 9.96. The van der Waals surface area contributed by atoms with Gasteiger partial charge in [-0.3, -0.25) is 0 Å². The van der Waals surface area contributed by atoms with E-state index >= 15 is 0 Å². The molecule has 256 valence electrons. The van der Waals surface area contributed by atoms with Crippen LogP contribution in [0, 0.1) is 0 Å². The lowest BCUT2D eigenvalue weighted by Crippen LogP contribution is -1.95. The highest BCUT2D eigenvalue weighted by atomic mass is 16.3. The van der Waals surface area contributed by atoms with E-state index < -0.39 is 0 Å². The van der Waals surface area contributed by atoms with Gasteiger partial charge in [-0.2, -0.15) is 0 Å². The van der Waals surface area contributed by atoms with Crippen molar-refractivity contribution in [3.8, 4) is 33.6 Å². The molecular formula is C51H31N3O. The van der Waals surface area contributed by atoms with E-state index in [1.54, 1.807) is 0 Å². The molecule has 4 nitrogen and oxygen atoms in total. The average Bonchev–Trinajstić information content (AvgIpc) is 3.90. The number of nitrogens with zero attached hydrogens (tertiary/aromatic N) is 3. The van der Waals surface area contributed by atoms with Gasteiger partial charge in [0.25, 0.3) is 0 Å². The number of rotatable bonds is 4. The smallest absolute Gasteiger partial charge is 0.228 e. The van der Waals surface area contributed by atoms with Crippen molar-refractivity contribution in [1.82, 2.24) is 14.1 Å². The summed E-state index contributed by atoms with van der Waals surface area (Å²) in [6.07, 6.45) is 0. The first-order chi connectivity index (χ1) is 27.3. The van der Waals surface area contributed by atoms with Crippen molar-refractivity contribution in [1.29, 1.82) is 0 Å². The molecule has 4 aromatic heterocycles. The van der Waals surface area contributed by atoms with E-state index in [1.807, 2.05) is 18.2 Å². The molecule has 55 heavy (non-hydrogen) atoms. The van der Waals surface area contributed by atoms with Gasteiger partial charge in [0, 0.05) is 49.3 Å². The first kappa shape index (κ1) is 30.1. The maximum atomic E-state index is 6.35. The zero-order chi connectivity index (χ0) is 36.0. The van der Waals surface area contributed by atoms with Crippen LogP contribution in [-0.4, -0.2) is 14.1 Å². The van der Waals surface area contributed by atoms with E-state index in [2.05, 4.69) is 179 Å². The Morgan fingerprint density at radius 2 is 0.964 bits per heavy atom. The number of hydrogen-bond donors (Lipinski definition) is 0. The second-order valence-electron chi connectivity index (χ2n) is 14.3. The van der Waals surface area contributed by atoms with Crippen molar-refractivity contribution in [2.24, 2.45) is 0 Å². The number of fused-ring (bicyclic) bond motifs is 10. The lowest BCUT2D eigenvalue weighted by Gasteiger charge is -2.13. The maximum Gasteiger partial charge on any atom is 0.228 e. The molecule has 12 rings (SSSR count). The molecule has 12 aromatic rings. The minimum atomic E-state index is 0.658. The van der Waals surface area contributed by atoms with Gasteiger partial charge in [-0.25, -0.2) is 4.98 Å². The van der Waals surface area contributed by atoms with Crippen LogP contribution in [0.2, 0.25) is 0 Å². The van der Waals surface area contributed by atoms with Crippen molar-refractivity contribution < 1.29 is 4.42 Å². The molecule has 0 unspecified atom stereocenters. The van der Waals surface area contributed by atoms with Crippen molar-refractivity contribution in [2.75, 3.05) is 0 Å². The quantitative estimate of drug-likeness (QED) is 0.183. The van der Waals surface area contributed by atoms with Crippen LogP contribution in [0.3, 0.4) is 0 Å². The van der Waals surface area contributed by atoms with Crippen molar-refractivity contribution in [2.45, 2.75) is 0 Å². The highest BCUT2D eigenvalue weighted by Gasteiger charge is 2.20. The topological polar surface area (TPSA) is 35.9 Å². The zero-order valence-electron chi connectivity index (χ0n) is 29.6. The first-order valence-electron chi connectivity index (χ1n) is 18.7. The van der Waals surface area contributed by atoms with E-state index in [0.29, 0.717) is 5.71 Å². The Morgan fingerprint density at radius 3 is 1.80 bits per heavy atom. The Morgan fingerprint density at radius 1 is 0.364 bits per heavy atom. The van der Waals surface area contributed by atoms with Crippen molar-refractivity contribution >= 4 is 76.6 Å². The van der Waals surface area contributed by atoms with Gasteiger partial charge >= 0.3 is 0 Å². The third kappa shape index (κ3) is 4.43. The first-order valence-corrected chi connectivity index (χ1v) is 18.7. The van der Waals surface area contributed by atoms with Crippen LogP contribution in [0.1, 0.15) is 0 Å². The second kappa shape index (κ2) is 11.5. The van der Waals surface area contributed by atoms with Gasteiger partial charge in [0.1, 0.15) is 5.58 Å². The Balaban J connectivity index is 1.08. The average molecular weight is 702 g/mol.